The Kier molecular flexibility index (Phi) is 4.66. The van der Waals surface area contributed by atoms with E-state index in [1.807, 2.05) is 13.8 Å². The molecule has 6 nitrogen and oxygen atoms in total. The van der Waals surface area contributed by atoms with Gasteiger partial charge in [0.1, 0.15) is 11.3 Å². The number of ether oxygens (including phenoxy) is 2. The lowest BCUT2D eigenvalue weighted by Crippen LogP contribution is -2.19. The molecule has 1 aliphatic rings. The molecule has 0 spiro atoms. The summed E-state index contributed by atoms with van der Waals surface area (Å²) in [4.78, 5) is 16.9. The first-order valence-corrected chi connectivity index (χ1v) is 7.95. The topological polar surface area (TPSA) is 80.7 Å². The van der Waals surface area contributed by atoms with E-state index in [-0.39, 0.29) is 5.91 Å². The van der Waals surface area contributed by atoms with Gasteiger partial charge in [0, 0.05) is 17.7 Å². The van der Waals surface area contributed by atoms with Gasteiger partial charge < -0.3 is 19.9 Å². The molecule has 6 heteroatoms. The van der Waals surface area contributed by atoms with Gasteiger partial charge in [0.2, 0.25) is 5.88 Å². The van der Waals surface area contributed by atoms with Gasteiger partial charge in [0.25, 0.3) is 5.91 Å². The Bertz CT molecular complexity index is 761. The van der Waals surface area contributed by atoms with Crippen molar-refractivity contribution in [3.8, 4) is 11.6 Å². The van der Waals surface area contributed by atoms with Crippen molar-refractivity contribution in [1.82, 2.24) is 4.98 Å². The second-order valence-electron chi connectivity index (χ2n) is 5.57. The van der Waals surface area contributed by atoms with Crippen molar-refractivity contribution in [2.75, 3.05) is 18.5 Å². The van der Waals surface area contributed by atoms with Crippen molar-refractivity contribution < 1.29 is 19.4 Å². The van der Waals surface area contributed by atoms with Crippen molar-refractivity contribution in [2.24, 2.45) is 0 Å². The van der Waals surface area contributed by atoms with Crippen LogP contribution in [0.3, 0.4) is 0 Å². The number of aromatic nitrogens is 1. The number of nitrogens with one attached hydrogen (secondary N) is 1. The lowest BCUT2D eigenvalue weighted by atomic mass is 10.0. The van der Waals surface area contributed by atoms with E-state index in [1.54, 1.807) is 30.3 Å². The molecule has 1 aromatic heterocycles. The Hall–Kier alpha value is -2.60. The van der Waals surface area contributed by atoms with E-state index in [1.165, 1.54) is 0 Å². The number of hydrogen-bond acceptors (Lipinski definition) is 5. The summed E-state index contributed by atoms with van der Waals surface area (Å²) in [5.41, 5.74) is 2.35. The van der Waals surface area contributed by atoms with Crippen LogP contribution in [0.25, 0.3) is 0 Å². The molecule has 2 aromatic rings. The van der Waals surface area contributed by atoms with Gasteiger partial charge in [-0.15, -0.1) is 0 Å². The Labute approximate surface area is 140 Å². The first-order chi connectivity index (χ1) is 11.6. The maximum absolute atomic E-state index is 12.6. The molecule has 0 radical (unpaired) electrons. The number of pyridine rings is 1. The third-order valence-electron chi connectivity index (χ3n) is 3.82. The van der Waals surface area contributed by atoms with Crippen LogP contribution in [0.1, 0.15) is 41.1 Å². The van der Waals surface area contributed by atoms with Gasteiger partial charge in [-0.2, -0.15) is 0 Å². The third-order valence-corrected chi connectivity index (χ3v) is 3.82. The standard InChI is InChI=1S/C18H20N2O4/c1-3-23-18-13(8-7-11(2)19-18)17(22)20-14-6-4-5-12-15(21)9-10-24-16(12)14/h4-8,15,21H,3,9-10H2,1-2H3,(H,20,22)/t15-/m1/s1. The minimum absolute atomic E-state index is 0.306. The highest BCUT2D eigenvalue weighted by molar-refractivity contribution is 6.06. The highest BCUT2D eigenvalue weighted by Crippen LogP contribution is 2.38. The number of amides is 1. The zero-order valence-corrected chi connectivity index (χ0v) is 13.7. The number of para-hydroxylation sites is 1. The van der Waals surface area contributed by atoms with Gasteiger partial charge in [0.05, 0.1) is 25.0 Å². The van der Waals surface area contributed by atoms with Crippen LogP contribution in [0.5, 0.6) is 11.6 Å². The number of carbonyl (C=O) groups is 1. The molecule has 0 bridgehead atoms. The van der Waals surface area contributed by atoms with Crippen molar-refractivity contribution in [1.29, 1.82) is 0 Å². The van der Waals surface area contributed by atoms with Gasteiger partial charge in [-0.1, -0.05) is 12.1 Å². The fraction of sp³-hybridized carbons (Fsp3) is 0.333. The summed E-state index contributed by atoms with van der Waals surface area (Å²) < 4.78 is 11.1. The second-order valence-corrected chi connectivity index (χ2v) is 5.57. The number of benzene rings is 1. The number of anilines is 1. The summed E-state index contributed by atoms with van der Waals surface area (Å²) in [5.74, 6) is 0.492. The van der Waals surface area contributed by atoms with E-state index in [0.717, 1.165) is 5.69 Å². The summed E-state index contributed by atoms with van der Waals surface area (Å²) in [6.45, 7) is 4.52. The molecule has 126 valence electrons. The molecule has 1 amide bonds. The Morgan fingerprint density at radius 1 is 1.42 bits per heavy atom. The highest BCUT2D eigenvalue weighted by Gasteiger charge is 2.23. The lowest BCUT2D eigenvalue weighted by Gasteiger charge is -2.24. The van der Waals surface area contributed by atoms with E-state index >= 15 is 0 Å². The molecule has 2 N–H and O–H groups in total. The van der Waals surface area contributed by atoms with Crippen molar-refractivity contribution >= 4 is 11.6 Å². The van der Waals surface area contributed by atoms with E-state index < -0.39 is 6.10 Å². The van der Waals surface area contributed by atoms with Crippen LogP contribution >= 0.6 is 0 Å². The molecule has 1 atom stereocenters. The number of aryl methyl sites for hydroxylation is 1. The van der Waals surface area contributed by atoms with E-state index in [0.29, 0.717) is 48.1 Å². The first kappa shape index (κ1) is 16.3. The third kappa shape index (κ3) is 3.19. The predicted octanol–water partition coefficient (Wildman–Crippen LogP) is 2.86. The molecule has 0 saturated heterocycles. The van der Waals surface area contributed by atoms with Gasteiger partial charge in [-0.05, 0) is 32.0 Å². The fourth-order valence-electron chi connectivity index (χ4n) is 2.65. The van der Waals surface area contributed by atoms with Crippen molar-refractivity contribution in [3.63, 3.8) is 0 Å². The zero-order chi connectivity index (χ0) is 17.1. The van der Waals surface area contributed by atoms with Crippen LogP contribution in [-0.2, 0) is 0 Å². The molecule has 1 aromatic carbocycles. The van der Waals surface area contributed by atoms with Crippen LogP contribution in [0, 0.1) is 6.92 Å². The number of carbonyl (C=O) groups excluding carboxylic acids is 1. The Morgan fingerprint density at radius 3 is 3.04 bits per heavy atom. The minimum Gasteiger partial charge on any atom is -0.491 e. The number of rotatable bonds is 4. The summed E-state index contributed by atoms with van der Waals surface area (Å²) >= 11 is 0. The molecular weight excluding hydrogens is 308 g/mol. The van der Waals surface area contributed by atoms with Crippen LogP contribution in [0.4, 0.5) is 5.69 Å². The molecule has 0 fully saturated rings. The van der Waals surface area contributed by atoms with Gasteiger partial charge in [-0.3, -0.25) is 4.79 Å². The fourth-order valence-corrected chi connectivity index (χ4v) is 2.65. The summed E-state index contributed by atoms with van der Waals surface area (Å²) in [7, 11) is 0. The van der Waals surface area contributed by atoms with Crippen LogP contribution < -0.4 is 14.8 Å². The molecule has 2 heterocycles. The van der Waals surface area contributed by atoms with Gasteiger partial charge in [0.15, 0.2) is 0 Å². The molecule has 1 aliphatic heterocycles. The molecule has 24 heavy (non-hydrogen) atoms. The minimum atomic E-state index is -0.578. The maximum atomic E-state index is 12.6. The number of nitrogens with zero attached hydrogens (tertiary/aromatic N) is 1. The summed E-state index contributed by atoms with van der Waals surface area (Å²) in [6.07, 6.45) is -0.0357. The Morgan fingerprint density at radius 2 is 2.25 bits per heavy atom. The maximum Gasteiger partial charge on any atom is 0.261 e. The first-order valence-electron chi connectivity index (χ1n) is 7.95. The zero-order valence-electron chi connectivity index (χ0n) is 13.7. The number of hydrogen-bond donors (Lipinski definition) is 2. The van der Waals surface area contributed by atoms with E-state index in [9.17, 15) is 9.90 Å². The lowest BCUT2D eigenvalue weighted by molar-refractivity contribution is 0.101. The SMILES string of the molecule is CCOc1nc(C)ccc1C(=O)Nc1cccc2c1OCC[C@H]2O. The molecule has 0 aliphatic carbocycles. The van der Waals surface area contributed by atoms with Gasteiger partial charge in [-0.25, -0.2) is 4.98 Å². The van der Waals surface area contributed by atoms with E-state index in [2.05, 4.69) is 10.3 Å². The molecule has 3 rings (SSSR count). The number of aliphatic hydroxyl groups excluding tert-OH is 1. The van der Waals surface area contributed by atoms with Crippen molar-refractivity contribution in [3.05, 3.63) is 47.2 Å². The van der Waals surface area contributed by atoms with E-state index in [4.69, 9.17) is 9.47 Å². The molecule has 0 unspecified atom stereocenters. The average molecular weight is 328 g/mol. The largest absolute Gasteiger partial charge is 0.491 e. The monoisotopic (exact) mass is 328 g/mol. The Balaban J connectivity index is 1.90. The summed E-state index contributed by atoms with van der Waals surface area (Å²) in [5, 5.41) is 12.9. The predicted molar refractivity (Wildman–Crippen MR) is 89.6 cm³/mol. The highest BCUT2D eigenvalue weighted by atomic mass is 16.5. The normalized spacial score (nSPS) is 16.0. The quantitative estimate of drug-likeness (QED) is 0.902. The number of fused-ring (bicyclic) bond motifs is 1. The second kappa shape index (κ2) is 6.88. The average Bonchev–Trinajstić information content (AvgIpc) is 2.56. The molecule has 0 saturated carbocycles. The van der Waals surface area contributed by atoms with Crippen LogP contribution in [0.2, 0.25) is 0 Å². The molecular formula is C18H20N2O4. The smallest absolute Gasteiger partial charge is 0.261 e. The summed E-state index contributed by atoms with van der Waals surface area (Å²) in [6, 6.07) is 8.78. The van der Waals surface area contributed by atoms with Crippen LogP contribution in [0.15, 0.2) is 30.3 Å². The van der Waals surface area contributed by atoms with Crippen molar-refractivity contribution in [2.45, 2.75) is 26.4 Å². The van der Waals surface area contributed by atoms with Crippen LogP contribution in [-0.4, -0.2) is 29.2 Å². The number of aliphatic hydroxyl groups is 1. The van der Waals surface area contributed by atoms with Gasteiger partial charge >= 0.3 is 0 Å².